The van der Waals surface area contributed by atoms with Crippen molar-refractivity contribution in [3.8, 4) is 0 Å². The SMILES string of the molecule is COCCCNC(=O)c1cccc(S(=O)(=O)N[C@@H](Cc2cccc(C(=N)N)c2)C2=Nc3ccccc3C2)c1. The van der Waals surface area contributed by atoms with Crippen molar-refractivity contribution in [1.82, 2.24) is 10.0 Å². The quantitative estimate of drug-likeness (QED) is 0.161. The molecule has 1 amide bonds. The van der Waals surface area contributed by atoms with E-state index in [1.165, 1.54) is 12.1 Å². The summed E-state index contributed by atoms with van der Waals surface area (Å²) in [6.07, 6.45) is 1.48. The van der Waals surface area contributed by atoms with E-state index < -0.39 is 16.1 Å². The Bertz CT molecular complexity index is 1470. The number of carbonyl (C=O) groups excluding carboxylic acids is 1. The Morgan fingerprint density at radius 1 is 1.08 bits per heavy atom. The fraction of sp³-hybridized carbons (Fsp3) is 0.250. The number of ether oxygens (including phenoxy) is 1. The first kappa shape index (κ1) is 27.2. The van der Waals surface area contributed by atoms with Gasteiger partial charge in [-0.2, -0.15) is 0 Å². The summed E-state index contributed by atoms with van der Waals surface area (Å²) in [7, 11) is -2.42. The summed E-state index contributed by atoms with van der Waals surface area (Å²) in [5, 5.41) is 10.5. The van der Waals surface area contributed by atoms with Crippen LogP contribution in [-0.4, -0.2) is 52.2 Å². The van der Waals surface area contributed by atoms with Crippen LogP contribution in [0.25, 0.3) is 0 Å². The molecular formula is C28H31N5O4S. The number of amides is 1. The van der Waals surface area contributed by atoms with Gasteiger partial charge in [0.2, 0.25) is 10.0 Å². The van der Waals surface area contributed by atoms with Crippen LogP contribution in [-0.2, 0) is 27.6 Å². The Labute approximate surface area is 222 Å². The molecule has 10 heteroatoms. The number of benzene rings is 3. The number of carbonyl (C=O) groups is 1. The molecule has 38 heavy (non-hydrogen) atoms. The Hall–Kier alpha value is -3.86. The third kappa shape index (κ3) is 6.71. The van der Waals surface area contributed by atoms with Gasteiger partial charge in [-0.1, -0.05) is 42.5 Å². The highest BCUT2D eigenvalue weighted by molar-refractivity contribution is 7.89. The first-order valence-electron chi connectivity index (χ1n) is 12.2. The molecule has 0 bridgehead atoms. The van der Waals surface area contributed by atoms with Crippen LogP contribution in [0, 0.1) is 5.41 Å². The van der Waals surface area contributed by atoms with E-state index in [-0.39, 0.29) is 22.2 Å². The van der Waals surface area contributed by atoms with Gasteiger partial charge in [0.25, 0.3) is 5.91 Å². The van der Waals surface area contributed by atoms with Crippen LogP contribution in [0.15, 0.2) is 82.7 Å². The molecule has 9 nitrogen and oxygen atoms in total. The Morgan fingerprint density at radius 2 is 1.84 bits per heavy atom. The highest BCUT2D eigenvalue weighted by Crippen LogP contribution is 2.28. The largest absolute Gasteiger partial charge is 0.385 e. The molecule has 5 N–H and O–H groups in total. The number of hydrogen-bond acceptors (Lipinski definition) is 6. The normalized spacial score (nSPS) is 13.4. The predicted octanol–water partition coefficient (Wildman–Crippen LogP) is 2.96. The van der Waals surface area contributed by atoms with Gasteiger partial charge in [0.15, 0.2) is 0 Å². The maximum absolute atomic E-state index is 13.5. The molecule has 0 aliphatic carbocycles. The summed E-state index contributed by atoms with van der Waals surface area (Å²) in [6.45, 7) is 0.937. The van der Waals surface area contributed by atoms with Gasteiger partial charge in [-0.25, -0.2) is 13.1 Å². The standard InChI is InChI=1S/C28H31N5O4S/c1-37-14-6-13-31-28(34)22-10-5-11-23(17-22)38(35,36)33-26(16-19-7-4-9-21(15-19)27(29)30)25-18-20-8-2-3-12-24(20)32-25/h2-5,7-12,15,17,26,33H,6,13-14,16,18H2,1H3,(H3,29,30)(H,31,34)/t26-/m0/s1. The lowest BCUT2D eigenvalue weighted by molar-refractivity contribution is 0.0948. The summed E-state index contributed by atoms with van der Waals surface area (Å²) in [6, 6.07) is 20.2. The van der Waals surface area contributed by atoms with Crippen LogP contribution in [0.1, 0.15) is 33.5 Å². The average molecular weight is 534 g/mol. The maximum Gasteiger partial charge on any atom is 0.251 e. The summed E-state index contributed by atoms with van der Waals surface area (Å²) in [4.78, 5) is 17.3. The van der Waals surface area contributed by atoms with E-state index in [1.54, 1.807) is 37.4 Å². The molecule has 0 saturated carbocycles. The summed E-state index contributed by atoms with van der Waals surface area (Å²) in [5.41, 5.74) is 9.82. The number of para-hydroxylation sites is 1. The van der Waals surface area contributed by atoms with Crippen molar-refractivity contribution in [3.05, 3.63) is 95.1 Å². The first-order chi connectivity index (χ1) is 18.3. The Morgan fingerprint density at radius 3 is 2.61 bits per heavy atom. The molecule has 1 heterocycles. The van der Waals surface area contributed by atoms with Crippen molar-refractivity contribution in [1.29, 1.82) is 5.41 Å². The van der Waals surface area contributed by atoms with Crippen LogP contribution in [0.3, 0.4) is 0 Å². The van der Waals surface area contributed by atoms with Crippen molar-refractivity contribution >= 4 is 33.2 Å². The number of hydrogen-bond donors (Lipinski definition) is 4. The second kappa shape index (κ2) is 12.1. The van der Waals surface area contributed by atoms with Gasteiger partial charge in [-0.05, 0) is 54.3 Å². The molecule has 1 atom stereocenters. The Kier molecular flexibility index (Phi) is 8.67. The number of aliphatic imine (C=N–C) groups is 1. The van der Waals surface area contributed by atoms with Crippen molar-refractivity contribution < 1.29 is 17.9 Å². The van der Waals surface area contributed by atoms with Crippen LogP contribution < -0.4 is 15.8 Å². The van der Waals surface area contributed by atoms with Gasteiger partial charge in [0, 0.05) is 43.5 Å². The molecule has 0 aromatic heterocycles. The summed E-state index contributed by atoms with van der Waals surface area (Å²) < 4.78 is 34.9. The van der Waals surface area contributed by atoms with E-state index in [0.29, 0.717) is 43.7 Å². The van der Waals surface area contributed by atoms with Gasteiger partial charge >= 0.3 is 0 Å². The fourth-order valence-electron chi connectivity index (χ4n) is 4.27. The number of rotatable bonds is 12. The summed E-state index contributed by atoms with van der Waals surface area (Å²) >= 11 is 0. The number of methoxy groups -OCH3 is 1. The van der Waals surface area contributed by atoms with E-state index in [1.807, 2.05) is 30.3 Å². The molecular weight excluding hydrogens is 502 g/mol. The van der Waals surface area contributed by atoms with Crippen molar-refractivity contribution in [3.63, 3.8) is 0 Å². The zero-order valence-corrected chi connectivity index (χ0v) is 21.9. The number of nitrogens with one attached hydrogen (secondary N) is 3. The maximum atomic E-state index is 13.5. The van der Waals surface area contributed by atoms with Crippen LogP contribution in [0.4, 0.5) is 5.69 Å². The fourth-order valence-corrected chi connectivity index (χ4v) is 5.54. The van der Waals surface area contributed by atoms with E-state index in [2.05, 4.69) is 10.0 Å². The van der Waals surface area contributed by atoms with Crippen LogP contribution in [0.5, 0.6) is 0 Å². The van der Waals surface area contributed by atoms with Gasteiger partial charge in [0.05, 0.1) is 16.6 Å². The zero-order valence-electron chi connectivity index (χ0n) is 21.1. The van der Waals surface area contributed by atoms with Crippen molar-refractivity contribution in [2.45, 2.75) is 30.2 Å². The van der Waals surface area contributed by atoms with E-state index in [9.17, 15) is 13.2 Å². The summed E-state index contributed by atoms with van der Waals surface area (Å²) in [5.74, 6) is -0.418. The molecule has 0 fully saturated rings. The number of sulfonamides is 1. The first-order valence-corrected chi connectivity index (χ1v) is 13.7. The van der Waals surface area contributed by atoms with Crippen molar-refractivity contribution in [2.75, 3.05) is 20.3 Å². The van der Waals surface area contributed by atoms with Crippen LogP contribution >= 0.6 is 0 Å². The number of fused-ring (bicyclic) bond motifs is 1. The number of nitrogens with zero attached hydrogens (tertiary/aromatic N) is 1. The topological polar surface area (TPSA) is 147 Å². The third-order valence-electron chi connectivity index (χ3n) is 6.22. The minimum absolute atomic E-state index is 0.0133. The number of nitrogen functional groups attached to an aromatic ring is 1. The molecule has 3 aromatic carbocycles. The van der Waals surface area contributed by atoms with Crippen molar-refractivity contribution in [2.24, 2.45) is 10.7 Å². The molecule has 1 aliphatic heterocycles. The zero-order chi connectivity index (χ0) is 27.1. The van der Waals surface area contributed by atoms with Gasteiger partial charge in [0.1, 0.15) is 5.84 Å². The highest BCUT2D eigenvalue weighted by Gasteiger charge is 2.28. The molecule has 0 spiro atoms. The number of amidine groups is 1. The van der Waals surface area contributed by atoms with E-state index in [0.717, 1.165) is 16.8 Å². The number of nitrogens with two attached hydrogens (primary N) is 1. The highest BCUT2D eigenvalue weighted by atomic mass is 32.2. The van der Waals surface area contributed by atoms with E-state index in [4.69, 9.17) is 20.9 Å². The minimum atomic E-state index is -4.01. The van der Waals surface area contributed by atoms with Gasteiger partial charge in [-0.15, -0.1) is 0 Å². The molecule has 1 aliphatic rings. The second-order valence-corrected chi connectivity index (χ2v) is 10.7. The molecule has 0 saturated heterocycles. The average Bonchev–Trinajstić information content (AvgIpc) is 3.35. The second-order valence-electron chi connectivity index (χ2n) is 9.03. The molecule has 198 valence electrons. The third-order valence-corrected chi connectivity index (χ3v) is 7.69. The van der Waals surface area contributed by atoms with Crippen LogP contribution in [0.2, 0.25) is 0 Å². The lowest BCUT2D eigenvalue weighted by atomic mass is 9.98. The Balaban J connectivity index is 1.59. The molecule has 0 unspecified atom stereocenters. The lowest BCUT2D eigenvalue weighted by Gasteiger charge is -2.20. The van der Waals surface area contributed by atoms with E-state index >= 15 is 0 Å². The predicted molar refractivity (Wildman–Crippen MR) is 148 cm³/mol. The van der Waals surface area contributed by atoms with Gasteiger partial charge in [-0.3, -0.25) is 15.2 Å². The monoisotopic (exact) mass is 533 g/mol. The lowest BCUT2D eigenvalue weighted by Crippen LogP contribution is -2.42. The minimum Gasteiger partial charge on any atom is -0.385 e. The smallest absolute Gasteiger partial charge is 0.251 e. The van der Waals surface area contributed by atoms with Gasteiger partial charge < -0.3 is 15.8 Å². The molecule has 0 radical (unpaired) electrons. The molecule has 3 aromatic rings. The molecule has 4 rings (SSSR count).